The van der Waals surface area contributed by atoms with Gasteiger partial charge in [0.2, 0.25) is 0 Å². The summed E-state index contributed by atoms with van der Waals surface area (Å²) >= 11 is 0. The van der Waals surface area contributed by atoms with E-state index in [1.807, 2.05) is 0 Å². The van der Waals surface area contributed by atoms with E-state index in [9.17, 15) is 0 Å². The zero-order valence-corrected chi connectivity index (χ0v) is 11.4. The molecule has 0 heteroatoms. The second-order valence-electron chi connectivity index (χ2n) is 4.89. The van der Waals surface area contributed by atoms with Crippen LogP contribution in [0.5, 0.6) is 0 Å². The second-order valence-corrected chi connectivity index (χ2v) is 4.89. The average Bonchev–Trinajstić information content (AvgIpc) is 2.31. The van der Waals surface area contributed by atoms with E-state index in [-0.39, 0.29) is 0 Å². The first-order chi connectivity index (χ1) is 7.91. The lowest BCUT2D eigenvalue weighted by molar-refractivity contribution is 0.544. The SMILES string of the molecule is C=[C]CCCCCCCCCCCCCC. The summed E-state index contributed by atoms with van der Waals surface area (Å²) in [5.41, 5.74) is 0. The Labute approximate surface area is 104 Å². The molecule has 0 aliphatic carbocycles. The van der Waals surface area contributed by atoms with Crippen LogP contribution in [0.25, 0.3) is 0 Å². The molecule has 0 bridgehead atoms. The largest absolute Gasteiger partial charge is 0.0956 e. The Balaban J connectivity index is 2.85. The predicted molar refractivity (Wildman–Crippen MR) is 74.6 cm³/mol. The highest BCUT2D eigenvalue weighted by Crippen LogP contribution is 2.12. The Bertz CT molecular complexity index is 126. The standard InChI is InChI=1S/C16H31/c1-3-5-7-9-11-13-15-16-14-12-10-8-6-4-2/h1,4-16H2,2H3. The van der Waals surface area contributed by atoms with Crippen molar-refractivity contribution in [3.8, 4) is 0 Å². The van der Waals surface area contributed by atoms with Crippen molar-refractivity contribution in [2.75, 3.05) is 0 Å². The lowest BCUT2D eigenvalue weighted by atomic mass is 10.0. The number of allylic oxidation sites excluding steroid dienone is 1. The van der Waals surface area contributed by atoms with Crippen LogP contribution in [0.4, 0.5) is 0 Å². The molecule has 0 unspecified atom stereocenters. The molecule has 0 fully saturated rings. The van der Waals surface area contributed by atoms with Gasteiger partial charge in [0.1, 0.15) is 0 Å². The summed E-state index contributed by atoms with van der Waals surface area (Å²) in [6.45, 7) is 5.91. The summed E-state index contributed by atoms with van der Waals surface area (Å²) in [6, 6.07) is 0. The average molecular weight is 223 g/mol. The molecule has 0 saturated carbocycles. The Morgan fingerprint density at radius 3 is 1.38 bits per heavy atom. The molecule has 0 saturated heterocycles. The van der Waals surface area contributed by atoms with Gasteiger partial charge in [0.25, 0.3) is 0 Å². The molecule has 0 rings (SSSR count). The van der Waals surface area contributed by atoms with Crippen LogP contribution in [0, 0.1) is 6.08 Å². The van der Waals surface area contributed by atoms with Crippen molar-refractivity contribution in [1.82, 2.24) is 0 Å². The maximum Gasteiger partial charge on any atom is -0.0282 e. The van der Waals surface area contributed by atoms with Crippen molar-refractivity contribution < 1.29 is 0 Å². The molecular formula is C16H31. The Kier molecular flexibility index (Phi) is 14.5. The Hall–Kier alpha value is -0.260. The topological polar surface area (TPSA) is 0 Å². The molecule has 0 amide bonds. The third kappa shape index (κ3) is 13.7. The molecule has 0 nitrogen and oxygen atoms in total. The van der Waals surface area contributed by atoms with Gasteiger partial charge in [-0.2, -0.15) is 0 Å². The molecule has 0 atom stereocenters. The van der Waals surface area contributed by atoms with E-state index < -0.39 is 0 Å². The Morgan fingerprint density at radius 2 is 1.00 bits per heavy atom. The maximum absolute atomic E-state index is 3.62. The molecule has 0 aromatic carbocycles. The quantitative estimate of drug-likeness (QED) is 0.333. The zero-order valence-electron chi connectivity index (χ0n) is 11.4. The molecule has 0 aliphatic rings. The molecule has 95 valence electrons. The van der Waals surface area contributed by atoms with E-state index in [0.29, 0.717) is 0 Å². The van der Waals surface area contributed by atoms with Crippen LogP contribution < -0.4 is 0 Å². The van der Waals surface area contributed by atoms with E-state index in [1.54, 1.807) is 0 Å². The van der Waals surface area contributed by atoms with Crippen LogP contribution in [-0.4, -0.2) is 0 Å². The van der Waals surface area contributed by atoms with E-state index in [4.69, 9.17) is 0 Å². The first-order valence-electron chi connectivity index (χ1n) is 7.41. The third-order valence-electron chi connectivity index (χ3n) is 3.21. The lowest BCUT2D eigenvalue weighted by Gasteiger charge is -2.01. The number of rotatable bonds is 13. The van der Waals surface area contributed by atoms with Crippen molar-refractivity contribution >= 4 is 0 Å². The van der Waals surface area contributed by atoms with Gasteiger partial charge in [0.05, 0.1) is 0 Å². The van der Waals surface area contributed by atoms with Crippen molar-refractivity contribution in [2.45, 2.75) is 90.4 Å². The highest BCUT2D eigenvalue weighted by Gasteiger charge is 1.92. The van der Waals surface area contributed by atoms with Gasteiger partial charge in [-0.25, -0.2) is 0 Å². The Morgan fingerprint density at radius 1 is 0.625 bits per heavy atom. The summed E-state index contributed by atoms with van der Waals surface area (Å²) in [5.74, 6) is 0. The van der Waals surface area contributed by atoms with Gasteiger partial charge in [-0.05, 0) is 12.8 Å². The van der Waals surface area contributed by atoms with Crippen molar-refractivity contribution in [1.29, 1.82) is 0 Å². The van der Waals surface area contributed by atoms with E-state index in [1.165, 1.54) is 77.0 Å². The highest BCUT2D eigenvalue weighted by atomic mass is 14.0. The molecule has 0 spiro atoms. The van der Waals surface area contributed by atoms with Crippen molar-refractivity contribution in [2.24, 2.45) is 0 Å². The van der Waals surface area contributed by atoms with Crippen LogP contribution >= 0.6 is 0 Å². The van der Waals surface area contributed by atoms with Gasteiger partial charge < -0.3 is 0 Å². The van der Waals surface area contributed by atoms with E-state index in [0.717, 1.165) is 6.42 Å². The fourth-order valence-electron chi connectivity index (χ4n) is 2.09. The first kappa shape index (κ1) is 15.7. The van der Waals surface area contributed by atoms with E-state index in [2.05, 4.69) is 19.6 Å². The van der Waals surface area contributed by atoms with Crippen LogP contribution in [0.1, 0.15) is 90.4 Å². The predicted octanol–water partition coefficient (Wildman–Crippen LogP) is 6.07. The zero-order chi connectivity index (χ0) is 11.9. The van der Waals surface area contributed by atoms with E-state index >= 15 is 0 Å². The van der Waals surface area contributed by atoms with Crippen molar-refractivity contribution in [3.63, 3.8) is 0 Å². The third-order valence-corrected chi connectivity index (χ3v) is 3.21. The summed E-state index contributed by atoms with van der Waals surface area (Å²) in [7, 11) is 0. The molecular weight excluding hydrogens is 192 g/mol. The van der Waals surface area contributed by atoms with Gasteiger partial charge >= 0.3 is 0 Å². The minimum atomic E-state index is 1.08. The van der Waals surface area contributed by atoms with Gasteiger partial charge in [0, 0.05) is 0 Å². The smallest absolute Gasteiger partial charge is 0.0282 e. The van der Waals surface area contributed by atoms with Crippen LogP contribution in [0.2, 0.25) is 0 Å². The summed E-state index contributed by atoms with van der Waals surface area (Å²) < 4.78 is 0. The first-order valence-corrected chi connectivity index (χ1v) is 7.41. The molecule has 1 radical (unpaired) electrons. The number of hydrogen-bond acceptors (Lipinski definition) is 0. The van der Waals surface area contributed by atoms with Crippen molar-refractivity contribution in [3.05, 3.63) is 12.7 Å². The van der Waals surface area contributed by atoms with Crippen LogP contribution in [0.15, 0.2) is 6.58 Å². The molecule has 0 aromatic heterocycles. The molecule has 0 N–H and O–H groups in total. The highest BCUT2D eigenvalue weighted by molar-refractivity contribution is 4.55. The van der Waals surface area contributed by atoms with Crippen LogP contribution in [-0.2, 0) is 0 Å². The lowest BCUT2D eigenvalue weighted by Crippen LogP contribution is -1.82. The fraction of sp³-hybridized carbons (Fsp3) is 0.875. The summed E-state index contributed by atoms with van der Waals surface area (Å²) in [4.78, 5) is 0. The molecule has 0 heterocycles. The normalized spacial score (nSPS) is 10.6. The van der Waals surface area contributed by atoms with Crippen LogP contribution in [0.3, 0.4) is 0 Å². The van der Waals surface area contributed by atoms with Gasteiger partial charge in [-0.3, -0.25) is 0 Å². The van der Waals surface area contributed by atoms with Gasteiger partial charge in [-0.1, -0.05) is 90.2 Å². The molecule has 0 aromatic rings. The minimum absolute atomic E-state index is 1.08. The molecule has 16 heavy (non-hydrogen) atoms. The monoisotopic (exact) mass is 223 g/mol. The maximum atomic E-state index is 3.62. The fourth-order valence-corrected chi connectivity index (χ4v) is 2.09. The minimum Gasteiger partial charge on any atom is -0.0956 e. The molecule has 0 aliphatic heterocycles. The number of unbranched alkanes of at least 4 members (excludes halogenated alkanes) is 12. The second kappa shape index (κ2) is 14.7. The van der Waals surface area contributed by atoms with Gasteiger partial charge in [0.15, 0.2) is 0 Å². The van der Waals surface area contributed by atoms with Gasteiger partial charge in [-0.15, -0.1) is 0 Å². The summed E-state index contributed by atoms with van der Waals surface area (Å²) in [6.07, 6.45) is 21.1. The number of hydrogen-bond donors (Lipinski definition) is 0. The summed E-state index contributed by atoms with van der Waals surface area (Å²) in [5, 5.41) is 0.